The van der Waals surface area contributed by atoms with Crippen LogP contribution < -0.4 is 10.6 Å². The number of hydrogen-bond acceptors (Lipinski definition) is 10. The fourth-order valence-corrected chi connectivity index (χ4v) is 13.5. The van der Waals surface area contributed by atoms with Gasteiger partial charge in [-0.25, -0.2) is 9.59 Å². The van der Waals surface area contributed by atoms with Gasteiger partial charge in [-0.15, -0.1) is 0 Å². The van der Waals surface area contributed by atoms with E-state index in [1.807, 2.05) is 21.6 Å². The van der Waals surface area contributed by atoms with Crippen molar-refractivity contribution in [1.82, 2.24) is 15.5 Å². The lowest BCUT2D eigenvalue weighted by molar-refractivity contribution is -0.138. The molecule has 3 fully saturated rings. The van der Waals surface area contributed by atoms with Crippen LogP contribution in [0, 0.1) is 40.9 Å². The SMILES string of the molecule is CCCC=C1OC(=O)C2=C1CCC1C3CCC4(C5=CCC(C6CCCCC6)CSSCNC6=CC(=CCN6)C(CN6C(=O)C=CC6=O)C3=C4C(=O)O5)C21. The molecule has 10 rings (SSSR count). The van der Waals surface area contributed by atoms with E-state index in [1.165, 1.54) is 49.2 Å². The molecule has 0 aromatic heterocycles. The summed E-state index contributed by atoms with van der Waals surface area (Å²) in [5.74, 6) is 3.32. The number of amides is 2. The van der Waals surface area contributed by atoms with Crippen LogP contribution in [-0.4, -0.2) is 53.4 Å². The van der Waals surface area contributed by atoms with E-state index in [2.05, 4.69) is 41.9 Å². The maximum atomic E-state index is 14.7. The predicted molar refractivity (Wildman–Crippen MR) is 205 cm³/mol. The van der Waals surface area contributed by atoms with E-state index in [0.29, 0.717) is 41.9 Å². The quantitative estimate of drug-likeness (QED) is 0.171. The molecule has 6 atom stereocenters. The van der Waals surface area contributed by atoms with Crippen molar-refractivity contribution >= 4 is 45.3 Å². The Kier molecular flexibility index (Phi) is 9.54. The standard InChI is InChI=1S/C42H49N3O6S2/c1-2-3-9-31-29-12-11-28-27-16-18-42(38(28)37(29)40(48)50-31)32-13-10-26(24-7-5-4-6-8-24)22-52-53-23-44-33-20-25(17-19-43-33)30(36(27)39(42)41(49)51-32)21-45-34(46)14-15-35(45)47/h9,13-15,17,20,24,26-28,30,38,43-44H,2-8,10-12,16,18-19,21-23H2,1H3. The fraction of sp³-hybridized carbons (Fsp3) is 0.571. The molecule has 7 bridgehead atoms. The van der Waals surface area contributed by atoms with Gasteiger partial charge in [0.25, 0.3) is 11.8 Å². The summed E-state index contributed by atoms with van der Waals surface area (Å²) in [5, 5.41) is 7.07. The number of allylic oxidation sites excluding steroid dienone is 5. The van der Waals surface area contributed by atoms with Crippen LogP contribution in [0.15, 0.2) is 81.7 Å². The second-order valence-electron chi connectivity index (χ2n) is 16.2. The zero-order valence-corrected chi connectivity index (χ0v) is 32.1. The molecule has 2 amide bonds. The van der Waals surface area contributed by atoms with Crippen LogP contribution in [0.2, 0.25) is 0 Å². The number of nitrogens with one attached hydrogen (secondary N) is 2. The van der Waals surface area contributed by atoms with Crippen molar-refractivity contribution < 1.29 is 28.7 Å². The minimum absolute atomic E-state index is 0.0125. The Balaban J connectivity index is 1.24. The van der Waals surface area contributed by atoms with Gasteiger partial charge in [-0.3, -0.25) is 14.5 Å². The molecule has 5 heterocycles. The van der Waals surface area contributed by atoms with E-state index >= 15 is 0 Å². The lowest BCUT2D eigenvalue weighted by Gasteiger charge is -2.57. The highest BCUT2D eigenvalue weighted by molar-refractivity contribution is 8.76. The Hall–Kier alpha value is -3.44. The van der Waals surface area contributed by atoms with Gasteiger partial charge in [0.1, 0.15) is 11.5 Å². The lowest BCUT2D eigenvalue weighted by atomic mass is 9.43. The molecule has 0 radical (unpaired) electrons. The number of carbonyl (C=O) groups excluding carboxylic acids is 4. The third kappa shape index (κ3) is 5.90. The van der Waals surface area contributed by atoms with Gasteiger partial charge >= 0.3 is 11.9 Å². The maximum absolute atomic E-state index is 14.7. The molecule has 0 aromatic carbocycles. The van der Waals surface area contributed by atoms with Crippen molar-refractivity contribution in [2.24, 2.45) is 40.9 Å². The van der Waals surface area contributed by atoms with Gasteiger partial charge in [0, 0.05) is 54.0 Å². The molecular weight excluding hydrogens is 707 g/mol. The minimum Gasteiger partial charge on any atom is -0.427 e. The third-order valence-corrected chi connectivity index (χ3v) is 15.9. The van der Waals surface area contributed by atoms with Crippen LogP contribution in [-0.2, 0) is 28.7 Å². The number of ether oxygens (including phenoxy) is 2. The summed E-state index contributed by atoms with van der Waals surface area (Å²) < 4.78 is 12.6. The number of dihydropyridines is 1. The molecule has 9 nitrogen and oxygen atoms in total. The molecule has 5 aliphatic carbocycles. The van der Waals surface area contributed by atoms with E-state index in [4.69, 9.17) is 9.47 Å². The van der Waals surface area contributed by atoms with Gasteiger partial charge in [-0.2, -0.15) is 0 Å². The maximum Gasteiger partial charge on any atom is 0.340 e. The highest BCUT2D eigenvalue weighted by Crippen LogP contribution is 2.71. The topological polar surface area (TPSA) is 114 Å². The second-order valence-corrected chi connectivity index (χ2v) is 18.7. The summed E-state index contributed by atoms with van der Waals surface area (Å²) in [6.45, 7) is 2.85. The molecule has 1 saturated heterocycles. The minimum atomic E-state index is -0.810. The second kappa shape index (κ2) is 14.3. The van der Waals surface area contributed by atoms with Gasteiger partial charge in [0.2, 0.25) is 0 Å². The first-order chi connectivity index (χ1) is 25.9. The summed E-state index contributed by atoms with van der Waals surface area (Å²) in [6.07, 6.45) is 23.3. The van der Waals surface area contributed by atoms with Crippen molar-refractivity contribution in [2.45, 2.75) is 84.0 Å². The number of unbranched alkanes of at least 4 members (excludes halogenated alkanes) is 1. The van der Waals surface area contributed by atoms with E-state index in [-0.39, 0.29) is 48.1 Å². The summed E-state index contributed by atoms with van der Waals surface area (Å²) in [6, 6.07) is 0. The Morgan fingerprint density at radius 1 is 0.943 bits per heavy atom. The highest BCUT2D eigenvalue weighted by Gasteiger charge is 2.69. The summed E-state index contributed by atoms with van der Waals surface area (Å²) in [4.78, 5) is 56.4. The van der Waals surface area contributed by atoms with Crippen molar-refractivity contribution in [3.05, 3.63) is 81.7 Å². The zero-order valence-electron chi connectivity index (χ0n) is 30.5. The van der Waals surface area contributed by atoms with Gasteiger partial charge in [0.05, 0.1) is 22.7 Å². The van der Waals surface area contributed by atoms with Crippen LogP contribution in [0.25, 0.3) is 0 Å². The average molecular weight is 756 g/mol. The Bertz CT molecular complexity index is 1830. The molecule has 53 heavy (non-hydrogen) atoms. The van der Waals surface area contributed by atoms with Crippen LogP contribution in [0.3, 0.4) is 0 Å². The van der Waals surface area contributed by atoms with E-state index in [0.717, 1.165) is 78.3 Å². The fourth-order valence-electron chi connectivity index (χ4n) is 11.3. The zero-order chi connectivity index (χ0) is 36.3. The number of rotatable bonds is 5. The smallest absolute Gasteiger partial charge is 0.340 e. The Morgan fingerprint density at radius 2 is 1.77 bits per heavy atom. The monoisotopic (exact) mass is 755 g/mol. The van der Waals surface area contributed by atoms with Crippen molar-refractivity contribution in [1.29, 1.82) is 0 Å². The first-order valence-electron chi connectivity index (χ1n) is 19.9. The van der Waals surface area contributed by atoms with Gasteiger partial charge in [-0.1, -0.05) is 73.1 Å². The normalized spacial score (nSPS) is 35.0. The first kappa shape index (κ1) is 35.3. The Labute approximate surface area is 319 Å². The molecule has 10 aliphatic rings. The highest BCUT2D eigenvalue weighted by atomic mass is 33.1. The van der Waals surface area contributed by atoms with Crippen LogP contribution in [0.1, 0.15) is 84.0 Å². The van der Waals surface area contributed by atoms with E-state index < -0.39 is 11.3 Å². The summed E-state index contributed by atoms with van der Waals surface area (Å²) >= 11 is 0. The number of fused-ring (bicyclic) bond motifs is 2. The lowest BCUT2D eigenvalue weighted by Crippen LogP contribution is -2.54. The van der Waals surface area contributed by atoms with Gasteiger partial charge in [-0.05, 0) is 91.6 Å². The largest absolute Gasteiger partial charge is 0.427 e. The van der Waals surface area contributed by atoms with Crippen LogP contribution in [0.4, 0.5) is 0 Å². The third-order valence-electron chi connectivity index (χ3n) is 13.6. The number of carbonyl (C=O) groups is 4. The molecule has 280 valence electrons. The van der Waals surface area contributed by atoms with Gasteiger partial charge in [0.15, 0.2) is 0 Å². The first-order valence-corrected chi connectivity index (χ1v) is 22.4. The number of hydrogen-bond donors (Lipinski definition) is 2. The van der Waals surface area contributed by atoms with E-state index in [9.17, 15) is 19.2 Å². The van der Waals surface area contributed by atoms with Crippen LogP contribution >= 0.6 is 21.6 Å². The molecule has 11 heteroatoms. The number of esters is 2. The molecular formula is C42H49N3O6S2. The summed E-state index contributed by atoms with van der Waals surface area (Å²) in [5.41, 5.74) is 3.60. The number of cyclic esters (lactones) is 1. The molecule has 6 unspecified atom stereocenters. The van der Waals surface area contributed by atoms with Gasteiger partial charge < -0.3 is 20.1 Å². The van der Waals surface area contributed by atoms with E-state index in [1.54, 1.807) is 0 Å². The molecule has 2 N–H and O–H groups in total. The summed E-state index contributed by atoms with van der Waals surface area (Å²) in [7, 11) is 3.73. The number of nitrogens with zero attached hydrogens (tertiary/aromatic N) is 1. The van der Waals surface area contributed by atoms with Crippen LogP contribution in [0.5, 0.6) is 0 Å². The molecule has 1 spiro atoms. The Morgan fingerprint density at radius 3 is 2.58 bits per heavy atom. The molecule has 2 saturated carbocycles. The molecule has 5 aliphatic heterocycles. The molecule has 0 aromatic rings. The predicted octanol–water partition coefficient (Wildman–Crippen LogP) is 7.14. The van der Waals surface area contributed by atoms with Crippen molar-refractivity contribution in [3.63, 3.8) is 0 Å². The van der Waals surface area contributed by atoms with Crippen molar-refractivity contribution in [2.75, 3.05) is 24.7 Å². The number of imide groups is 1. The van der Waals surface area contributed by atoms with Crippen molar-refractivity contribution in [3.8, 4) is 0 Å². The average Bonchev–Trinajstić information content (AvgIpc) is 3.79.